The summed E-state index contributed by atoms with van der Waals surface area (Å²) < 4.78 is 21.2. The van der Waals surface area contributed by atoms with Crippen molar-refractivity contribution in [2.45, 2.75) is 32.7 Å². The minimum atomic E-state index is -0.637. The lowest BCUT2D eigenvalue weighted by molar-refractivity contribution is 0.0524. The summed E-state index contributed by atoms with van der Waals surface area (Å²) in [6, 6.07) is 1.65. The zero-order valence-electron chi connectivity index (χ0n) is 12.3. The topological polar surface area (TPSA) is 48.3 Å². The minimum absolute atomic E-state index is 0.000779. The number of carbonyl (C=O) groups excluding carboxylic acids is 1. The van der Waals surface area contributed by atoms with Crippen molar-refractivity contribution < 1.29 is 13.9 Å². The number of halogens is 2. The zero-order chi connectivity index (χ0) is 16.0. The van der Waals surface area contributed by atoms with Gasteiger partial charge in [0.25, 0.3) is 0 Å². The molecular weight excluding hydrogens is 353 g/mol. The van der Waals surface area contributed by atoms with Gasteiger partial charge in [0, 0.05) is 23.2 Å². The van der Waals surface area contributed by atoms with Gasteiger partial charge in [0.2, 0.25) is 5.43 Å². The summed E-state index contributed by atoms with van der Waals surface area (Å²) in [7, 11) is 0. The van der Waals surface area contributed by atoms with Crippen LogP contribution in [-0.2, 0) is 4.74 Å². The molecule has 116 valence electrons. The molecule has 0 atom stereocenters. The number of aryl methyl sites for hydroxylation is 1. The van der Waals surface area contributed by atoms with E-state index in [1.54, 1.807) is 13.8 Å². The van der Waals surface area contributed by atoms with Gasteiger partial charge in [-0.2, -0.15) is 0 Å². The van der Waals surface area contributed by atoms with Crippen molar-refractivity contribution in [3.63, 3.8) is 0 Å². The Kier molecular flexibility index (Phi) is 3.80. The number of benzene rings is 1. The number of carbonyl (C=O) groups is 1. The lowest BCUT2D eigenvalue weighted by Gasteiger charge is -2.15. The first kappa shape index (κ1) is 15.2. The molecule has 1 heterocycles. The highest BCUT2D eigenvalue weighted by Crippen LogP contribution is 2.38. The van der Waals surface area contributed by atoms with Crippen molar-refractivity contribution in [2.24, 2.45) is 0 Å². The predicted octanol–water partition coefficient (Wildman–Crippen LogP) is 3.72. The minimum Gasteiger partial charge on any atom is -0.462 e. The number of nitrogens with zero attached hydrogens (tertiary/aromatic N) is 1. The average molecular weight is 368 g/mol. The molecule has 1 aromatic carbocycles. The third kappa shape index (κ3) is 2.35. The second-order valence-electron chi connectivity index (χ2n) is 5.42. The van der Waals surface area contributed by atoms with Gasteiger partial charge in [-0.1, -0.05) is 0 Å². The molecule has 0 saturated heterocycles. The van der Waals surface area contributed by atoms with Crippen molar-refractivity contribution in [3.05, 3.63) is 43.9 Å². The molecular formula is C16H15BrFNO3. The molecule has 1 aromatic heterocycles. The molecule has 0 spiro atoms. The molecule has 6 heteroatoms. The molecule has 2 aromatic rings. The summed E-state index contributed by atoms with van der Waals surface area (Å²) in [6.45, 7) is 3.53. The van der Waals surface area contributed by atoms with Crippen LogP contribution in [0.25, 0.3) is 10.9 Å². The highest BCUT2D eigenvalue weighted by atomic mass is 79.9. The fraction of sp³-hybridized carbons (Fsp3) is 0.375. The number of aromatic nitrogens is 1. The van der Waals surface area contributed by atoms with Crippen molar-refractivity contribution in [1.29, 1.82) is 0 Å². The molecule has 1 saturated carbocycles. The maximum absolute atomic E-state index is 14.2. The van der Waals surface area contributed by atoms with E-state index >= 15 is 0 Å². The van der Waals surface area contributed by atoms with Crippen LogP contribution in [0.2, 0.25) is 0 Å². The van der Waals surface area contributed by atoms with Gasteiger partial charge in [0.05, 0.1) is 16.6 Å². The van der Waals surface area contributed by atoms with Crippen LogP contribution >= 0.6 is 15.9 Å². The third-order valence-electron chi connectivity index (χ3n) is 3.87. The molecule has 0 unspecified atom stereocenters. The van der Waals surface area contributed by atoms with Gasteiger partial charge in [-0.05, 0) is 48.7 Å². The third-order valence-corrected chi connectivity index (χ3v) is 4.45. The Morgan fingerprint density at radius 1 is 1.50 bits per heavy atom. The monoisotopic (exact) mass is 367 g/mol. The van der Waals surface area contributed by atoms with Gasteiger partial charge >= 0.3 is 5.97 Å². The lowest BCUT2D eigenvalue weighted by Crippen LogP contribution is -2.21. The molecule has 22 heavy (non-hydrogen) atoms. The normalized spacial score (nSPS) is 14.4. The van der Waals surface area contributed by atoms with Crippen LogP contribution in [0.15, 0.2) is 21.5 Å². The number of hydrogen-bond donors (Lipinski definition) is 0. The number of esters is 1. The smallest absolute Gasteiger partial charge is 0.343 e. The van der Waals surface area contributed by atoms with Crippen LogP contribution in [0.3, 0.4) is 0 Å². The Balaban J connectivity index is 2.38. The molecule has 1 aliphatic rings. The van der Waals surface area contributed by atoms with E-state index in [0.717, 1.165) is 12.8 Å². The van der Waals surface area contributed by atoms with Gasteiger partial charge in [0.1, 0.15) is 11.4 Å². The summed E-state index contributed by atoms with van der Waals surface area (Å²) in [6.07, 6.45) is 3.43. The molecule has 4 nitrogen and oxygen atoms in total. The van der Waals surface area contributed by atoms with Gasteiger partial charge in [-0.3, -0.25) is 4.79 Å². The van der Waals surface area contributed by atoms with Crippen molar-refractivity contribution in [3.8, 4) is 0 Å². The number of hydrogen-bond acceptors (Lipinski definition) is 3. The van der Waals surface area contributed by atoms with Crippen molar-refractivity contribution in [1.82, 2.24) is 4.57 Å². The molecule has 1 aliphatic carbocycles. The maximum Gasteiger partial charge on any atom is 0.343 e. The van der Waals surface area contributed by atoms with Crippen molar-refractivity contribution in [2.75, 3.05) is 6.61 Å². The first-order valence-electron chi connectivity index (χ1n) is 7.16. The van der Waals surface area contributed by atoms with Crippen LogP contribution in [0.5, 0.6) is 0 Å². The standard InChI is InChI=1S/C16H15BrFNO3/c1-3-22-16(21)11-7-19(9-4-5-9)14-8(2)13(18)12(17)6-10(14)15(11)20/h6-7,9H,3-5H2,1-2H3. The van der Waals surface area contributed by atoms with Gasteiger partial charge in [-0.25, -0.2) is 9.18 Å². The molecule has 0 amide bonds. The first-order valence-corrected chi connectivity index (χ1v) is 7.95. The molecule has 0 radical (unpaired) electrons. The van der Waals surface area contributed by atoms with E-state index in [-0.39, 0.29) is 28.5 Å². The van der Waals surface area contributed by atoms with E-state index in [2.05, 4.69) is 15.9 Å². The molecule has 0 aliphatic heterocycles. The highest BCUT2D eigenvalue weighted by Gasteiger charge is 2.28. The maximum atomic E-state index is 14.2. The molecule has 0 bridgehead atoms. The second kappa shape index (κ2) is 5.50. The SMILES string of the molecule is CCOC(=O)c1cn(C2CC2)c2c(C)c(F)c(Br)cc2c1=O. The lowest BCUT2D eigenvalue weighted by atomic mass is 10.1. The van der Waals surface area contributed by atoms with Gasteiger partial charge in [0.15, 0.2) is 0 Å². The molecule has 1 fully saturated rings. The molecule has 3 rings (SSSR count). The highest BCUT2D eigenvalue weighted by molar-refractivity contribution is 9.10. The van der Waals surface area contributed by atoms with E-state index in [0.29, 0.717) is 16.5 Å². The fourth-order valence-electron chi connectivity index (χ4n) is 2.65. The largest absolute Gasteiger partial charge is 0.462 e. The quantitative estimate of drug-likeness (QED) is 0.776. The summed E-state index contributed by atoms with van der Waals surface area (Å²) in [5, 5.41) is 0.336. The summed E-state index contributed by atoms with van der Waals surface area (Å²) in [5.74, 6) is -1.02. The van der Waals surface area contributed by atoms with Gasteiger partial charge < -0.3 is 9.30 Å². The predicted molar refractivity (Wildman–Crippen MR) is 84.8 cm³/mol. The Morgan fingerprint density at radius 2 is 2.18 bits per heavy atom. The van der Waals surface area contributed by atoms with E-state index < -0.39 is 11.4 Å². The van der Waals surface area contributed by atoms with Gasteiger partial charge in [-0.15, -0.1) is 0 Å². The van der Waals surface area contributed by atoms with E-state index in [4.69, 9.17) is 4.74 Å². The average Bonchev–Trinajstić information content (AvgIpc) is 3.30. The zero-order valence-corrected chi connectivity index (χ0v) is 13.9. The Morgan fingerprint density at radius 3 is 2.77 bits per heavy atom. The van der Waals surface area contributed by atoms with Crippen molar-refractivity contribution >= 4 is 32.8 Å². The van der Waals surface area contributed by atoms with Crippen LogP contribution in [0.1, 0.15) is 41.7 Å². The second-order valence-corrected chi connectivity index (χ2v) is 6.28. The Labute approximate surface area is 135 Å². The van der Waals surface area contributed by atoms with E-state index in [1.807, 2.05) is 4.57 Å². The number of ether oxygens (including phenoxy) is 1. The van der Waals surface area contributed by atoms with E-state index in [1.165, 1.54) is 12.3 Å². The number of fused-ring (bicyclic) bond motifs is 1. The Hall–Kier alpha value is -1.69. The first-order chi connectivity index (χ1) is 10.5. The number of rotatable bonds is 3. The number of pyridine rings is 1. The van der Waals surface area contributed by atoms with E-state index in [9.17, 15) is 14.0 Å². The summed E-state index contributed by atoms with van der Waals surface area (Å²) in [5.41, 5.74) is 0.540. The molecule has 0 N–H and O–H groups in total. The summed E-state index contributed by atoms with van der Waals surface area (Å²) >= 11 is 3.13. The summed E-state index contributed by atoms with van der Waals surface area (Å²) in [4.78, 5) is 24.6. The van der Waals surface area contributed by atoms with Crippen LogP contribution in [0, 0.1) is 12.7 Å². The van der Waals surface area contributed by atoms with Crippen LogP contribution in [-0.4, -0.2) is 17.1 Å². The van der Waals surface area contributed by atoms with Crippen LogP contribution in [0.4, 0.5) is 4.39 Å². The van der Waals surface area contributed by atoms with Crippen LogP contribution < -0.4 is 5.43 Å². The Bertz CT molecular complexity index is 840. The fourth-order valence-corrected chi connectivity index (χ4v) is 3.18.